The second-order valence-electron chi connectivity index (χ2n) is 5.51. The molecule has 1 aromatic carbocycles. The first-order chi connectivity index (χ1) is 10.7. The number of amides is 1. The van der Waals surface area contributed by atoms with Gasteiger partial charge in [0.2, 0.25) is 0 Å². The predicted molar refractivity (Wildman–Crippen MR) is 81.6 cm³/mol. The van der Waals surface area contributed by atoms with E-state index in [1.165, 1.54) is 16.9 Å². The van der Waals surface area contributed by atoms with Crippen molar-refractivity contribution in [2.24, 2.45) is 0 Å². The number of carbonyl (C=O) groups excluding carboxylic acids is 1. The molecule has 0 saturated carbocycles. The molecule has 6 heteroatoms. The van der Waals surface area contributed by atoms with Gasteiger partial charge in [0.25, 0.3) is 5.91 Å². The molecule has 1 fully saturated rings. The van der Waals surface area contributed by atoms with E-state index in [0.717, 1.165) is 19.4 Å². The molecule has 1 aliphatic rings. The number of nitrogens with zero attached hydrogens (tertiary/aromatic N) is 2. The molecule has 0 bridgehead atoms. The number of benzene rings is 1. The number of para-hydroxylation sites is 1. The Bertz CT molecular complexity index is 677. The zero-order valence-corrected chi connectivity index (χ0v) is 12.5. The molecule has 1 atom stereocenters. The van der Waals surface area contributed by atoms with Crippen molar-refractivity contribution in [1.29, 1.82) is 0 Å². The summed E-state index contributed by atoms with van der Waals surface area (Å²) in [5.41, 5.74) is 1.44. The molecule has 5 nitrogen and oxygen atoms in total. The van der Waals surface area contributed by atoms with Crippen LogP contribution in [0.15, 0.2) is 30.5 Å². The number of hydrogen-bond acceptors (Lipinski definition) is 3. The molecule has 1 aromatic heterocycles. The minimum Gasteiger partial charge on any atom is -0.350 e. The summed E-state index contributed by atoms with van der Waals surface area (Å²) in [6.07, 6.45) is 3.71. The van der Waals surface area contributed by atoms with Crippen LogP contribution in [0.5, 0.6) is 0 Å². The molecule has 0 spiro atoms. The van der Waals surface area contributed by atoms with E-state index in [4.69, 9.17) is 0 Å². The molecule has 2 N–H and O–H groups in total. The van der Waals surface area contributed by atoms with Gasteiger partial charge in [-0.05, 0) is 38.4 Å². The second kappa shape index (κ2) is 6.27. The fourth-order valence-electron chi connectivity index (χ4n) is 2.74. The molecule has 1 aliphatic heterocycles. The maximum atomic E-state index is 13.8. The van der Waals surface area contributed by atoms with Crippen LogP contribution in [0.25, 0.3) is 5.69 Å². The van der Waals surface area contributed by atoms with Gasteiger partial charge in [-0.1, -0.05) is 12.1 Å². The van der Waals surface area contributed by atoms with Crippen LogP contribution in [0, 0.1) is 12.7 Å². The lowest BCUT2D eigenvalue weighted by molar-refractivity contribution is 0.0949. The molecule has 3 rings (SSSR count). The van der Waals surface area contributed by atoms with Gasteiger partial charge in [-0.2, -0.15) is 5.10 Å². The van der Waals surface area contributed by atoms with Crippen molar-refractivity contribution >= 4 is 5.91 Å². The van der Waals surface area contributed by atoms with Crippen LogP contribution in [-0.2, 0) is 0 Å². The molecule has 2 aromatic rings. The maximum Gasteiger partial charge on any atom is 0.254 e. The van der Waals surface area contributed by atoms with Gasteiger partial charge < -0.3 is 10.6 Å². The minimum atomic E-state index is -0.365. The van der Waals surface area contributed by atoms with Gasteiger partial charge in [-0.25, -0.2) is 9.07 Å². The SMILES string of the molecule is Cc1c(C(=O)NCC2CCCN2)cnn1-c1ccccc1F. The Balaban J connectivity index is 1.75. The zero-order valence-electron chi connectivity index (χ0n) is 12.5. The van der Waals surface area contributed by atoms with Crippen molar-refractivity contribution < 1.29 is 9.18 Å². The third-order valence-corrected chi connectivity index (χ3v) is 4.01. The van der Waals surface area contributed by atoms with Gasteiger partial charge >= 0.3 is 0 Å². The van der Waals surface area contributed by atoms with E-state index >= 15 is 0 Å². The summed E-state index contributed by atoms with van der Waals surface area (Å²) >= 11 is 0. The van der Waals surface area contributed by atoms with Crippen LogP contribution in [0.3, 0.4) is 0 Å². The van der Waals surface area contributed by atoms with Crippen LogP contribution in [0.4, 0.5) is 4.39 Å². The lowest BCUT2D eigenvalue weighted by Crippen LogP contribution is -2.37. The summed E-state index contributed by atoms with van der Waals surface area (Å²) in [6.45, 7) is 3.37. The quantitative estimate of drug-likeness (QED) is 0.905. The molecule has 0 aliphatic carbocycles. The van der Waals surface area contributed by atoms with E-state index in [1.54, 1.807) is 25.1 Å². The third kappa shape index (κ3) is 2.87. The number of carbonyl (C=O) groups is 1. The molecular weight excluding hydrogens is 283 g/mol. The van der Waals surface area contributed by atoms with Crippen molar-refractivity contribution in [3.8, 4) is 5.69 Å². The topological polar surface area (TPSA) is 59.0 Å². The Hall–Kier alpha value is -2.21. The standard InChI is InChI=1S/C16H19FN4O/c1-11-13(16(22)19-9-12-5-4-8-18-12)10-20-21(11)15-7-3-2-6-14(15)17/h2-3,6-7,10,12,18H,4-5,8-9H2,1H3,(H,19,22). The summed E-state index contributed by atoms with van der Waals surface area (Å²) in [5, 5.41) is 10.4. The van der Waals surface area contributed by atoms with E-state index < -0.39 is 0 Å². The summed E-state index contributed by atoms with van der Waals surface area (Å²) < 4.78 is 15.3. The van der Waals surface area contributed by atoms with Crippen molar-refractivity contribution in [3.05, 3.63) is 47.5 Å². The van der Waals surface area contributed by atoms with E-state index in [0.29, 0.717) is 29.5 Å². The molecule has 22 heavy (non-hydrogen) atoms. The van der Waals surface area contributed by atoms with Gasteiger partial charge in [0.1, 0.15) is 11.5 Å². The summed E-state index contributed by atoms with van der Waals surface area (Å²) in [7, 11) is 0. The van der Waals surface area contributed by atoms with E-state index in [1.807, 2.05) is 0 Å². The minimum absolute atomic E-state index is 0.172. The maximum absolute atomic E-state index is 13.8. The van der Waals surface area contributed by atoms with Crippen molar-refractivity contribution in [1.82, 2.24) is 20.4 Å². The van der Waals surface area contributed by atoms with E-state index in [-0.39, 0.29) is 11.7 Å². The monoisotopic (exact) mass is 302 g/mol. The fraction of sp³-hybridized carbons (Fsp3) is 0.375. The third-order valence-electron chi connectivity index (χ3n) is 4.01. The first-order valence-corrected chi connectivity index (χ1v) is 7.48. The van der Waals surface area contributed by atoms with Gasteiger partial charge in [0.15, 0.2) is 0 Å². The van der Waals surface area contributed by atoms with Gasteiger partial charge in [0.05, 0.1) is 17.5 Å². The zero-order chi connectivity index (χ0) is 15.5. The molecular formula is C16H19FN4O. The van der Waals surface area contributed by atoms with E-state index in [2.05, 4.69) is 15.7 Å². The van der Waals surface area contributed by atoms with Gasteiger partial charge in [0, 0.05) is 12.6 Å². The highest BCUT2D eigenvalue weighted by Crippen LogP contribution is 2.17. The number of nitrogens with one attached hydrogen (secondary N) is 2. The van der Waals surface area contributed by atoms with Crippen LogP contribution in [0.2, 0.25) is 0 Å². The molecule has 1 unspecified atom stereocenters. The summed E-state index contributed by atoms with van der Waals surface area (Å²) in [4.78, 5) is 12.3. The average molecular weight is 302 g/mol. The molecule has 116 valence electrons. The average Bonchev–Trinajstić information content (AvgIpc) is 3.15. The Morgan fingerprint density at radius 3 is 3.05 bits per heavy atom. The number of halogens is 1. The Labute approximate surface area is 128 Å². The largest absolute Gasteiger partial charge is 0.350 e. The van der Waals surface area contributed by atoms with Gasteiger partial charge in [-0.3, -0.25) is 4.79 Å². The molecule has 1 amide bonds. The van der Waals surface area contributed by atoms with Crippen molar-refractivity contribution in [2.75, 3.05) is 13.1 Å². The molecule has 0 radical (unpaired) electrons. The van der Waals surface area contributed by atoms with Gasteiger partial charge in [-0.15, -0.1) is 0 Å². The summed E-state index contributed by atoms with van der Waals surface area (Å²) in [5.74, 6) is -0.537. The normalized spacial score (nSPS) is 17.6. The van der Waals surface area contributed by atoms with E-state index in [9.17, 15) is 9.18 Å². The smallest absolute Gasteiger partial charge is 0.254 e. The Morgan fingerprint density at radius 1 is 1.50 bits per heavy atom. The molecule has 2 heterocycles. The fourth-order valence-corrected chi connectivity index (χ4v) is 2.74. The Morgan fingerprint density at radius 2 is 2.32 bits per heavy atom. The van der Waals surface area contributed by atoms with Crippen molar-refractivity contribution in [2.45, 2.75) is 25.8 Å². The lowest BCUT2D eigenvalue weighted by Gasteiger charge is -2.11. The van der Waals surface area contributed by atoms with Crippen LogP contribution >= 0.6 is 0 Å². The second-order valence-corrected chi connectivity index (χ2v) is 5.51. The first kappa shape index (κ1) is 14.7. The van der Waals surface area contributed by atoms with Crippen molar-refractivity contribution in [3.63, 3.8) is 0 Å². The predicted octanol–water partition coefficient (Wildman–Crippen LogP) is 1.80. The highest BCUT2D eigenvalue weighted by atomic mass is 19.1. The van der Waals surface area contributed by atoms with Crippen LogP contribution < -0.4 is 10.6 Å². The van der Waals surface area contributed by atoms with Crippen LogP contribution in [-0.4, -0.2) is 34.8 Å². The highest BCUT2D eigenvalue weighted by Gasteiger charge is 2.19. The van der Waals surface area contributed by atoms with Crippen LogP contribution in [0.1, 0.15) is 28.9 Å². The first-order valence-electron chi connectivity index (χ1n) is 7.48. The number of aromatic nitrogens is 2. The summed E-state index contributed by atoms with van der Waals surface area (Å²) in [6, 6.07) is 6.72. The molecule has 1 saturated heterocycles. The Kier molecular flexibility index (Phi) is 4.20. The number of rotatable bonds is 4. The lowest BCUT2D eigenvalue weighted by atomic mass is 10.2. The number of hydrogen-bond donors (Lipinski definition) is 2. The highest BCUT2D eigenvalue weighted by molar-refractivity contribution is 5.95.